The maximum Gasteiger partial charge on any atom is 0.258 e. The zero-order chi connectivity index (χ0) is 19.1. The van der Waals surface area contributed by atoms with Gasteiger partial charge in [-0.15, -0.1) is 10.2 Å². The fourth-order valence-corrected chi connectivity index (χ4v) is 3.77. The highest BCUT2D eigenvalue weighted by molar-refractivity contribution is 7.98. The van der Waals surface area contributed by atoms with Crippen molar-refractivity contribution in [3.63, 3.8) is 0 Å². The monoisotopic (exact) mass is 406 g/mol. The highest BCUT2D eigenvalue weighted by Gasteiger charge is 2.28. The Morgan fingerprint density at radius 1 is 1.30 bits per heavy atom. The third-order valence-corrected chi connectivity index (χ3v) is 5.62. The first-order chi connectivity index (χ1) is 13.2. The summed E-state index contributed by atoms with van der Waals surface area (Å²) in [5.74, 6) is 1.24. The van der Waals surface area contributed by atoms with Gasteiger partial charge in [-0.3, -0.25) is 14.9 Å². The number of benzene rings is 1. The average molecular weight is 407 g/mol. The molecule has 0 spiro atoms. The first kappa shape index (κ1) is 19.6. The molecule has 9 heteroatoms. The number of carbonyl (C=O) groups is 2. The Bertz CT molecular complexity index is 765. The Kier molecular flexibility index (Phi) is 7.05. The number of hydrogen-bond donors (Lipinski definition) is 2. The smallest absolute Gasteiger partial charge is 0.258 e. The van der Waals surface area contributed by atoms with Crippen molar-refractivity contribution >= 4 is 40.0 Å². The van der Waals surface area contributed by atoms with Crippen molar-refractivity contribution in [3.05, 3.63) is 35.3 Å². The second-order valence-corrected chi connectivity index (χ2v) is 8.21. The van der Waals surface area contributed by atoms with Crippen LogP contribution in [0.1, 0.15) is 30.2 Å². The summed E-state index contributed by atoms with van der Waals surface area (Å²) in [6, 6.07) is 8.45. The molecule has 2 aromatic rings. The maximum absolute atomic E-state index is 12.6. The quantitative estimate of drug-likeness (QED) is 0.630. The number of amides is 2. The molecule has 0 bridgehead atoms. The van der Waals surface area contributed by atoms with E-state index in [1.54, 1.807) is 23.9 Å². The lowest BCUT2D eigenvalue weighted by Crippen LogP contribution is -2.45. The predicted octanol–water partition coefficient (Wildman–Crippen LogP) is 2.67. The minimum Gasteiger partial charge on any atom is -0.484 e. The van der Waals surface area contributed by atoms with Gasteiger partial charge in [-0.05, 0) is 43.4 Å². The van der Waals surface area contributed by atoms with Gasteiger partial charge < -0.3 is 10.1 Å². The van der Waals surface area contributed by atoms with Gasteiger partial charge in [0.1, 0.15) is 16.8 Å². The van der Waals surface area contributed by atoms with E-state index in [2.05, 4.69) is 20.8 Å². The molecule has 1 fully saturated rings. The lowest BCUT2D eigenvalue weighted by atomic mass is 10.2. The van der Waals surface area contributed by atoms with Crippen LogP contribution in [0.4, 0.5) is 5.13 Å². The van der Waals surface area contributed by atoms with Crippen LogP contribution >= 0.6 is 23.1 Å². The van der Waals surface area contributed by atoms with E-state index in [0.29, 0.717) is 23.2 Å². The number of nitrogens with zero attached hydrogens (tertiary/aromatic N) is 2. The number of ether oxygens (including phenoxy) is 1. The Morgan fingerprint density at radius 2 is 2.07 bits per heavy atom. The average Bonchev–Trinajstić information content (AvgIpc) is 3.43. The fourth-order valence-electron chi connectivity index (χ4n) is 2.38. The van der Waals surface area contributed by atoms with Crippen LogP contribution in [0.25, 0.3) is 0 Å². The first-order valence-electron chi connectivity index (χ1n) is 8.76. The van der Waals surface area contributed by atoms with Gasteiger partial charge in [0.05, 0.1) is 0 Å². The number of thioether (sulfide) groups is 1. The van der Waals surface area contributed by atoms with Gasteiger partial charge in [0.15, 0.2) is 6.61 Å². The Hall–Kier alpha value is -2.13. The highest BCUT2D eigenvalue weighted by Crippen LogP contribution is 2.42. The van der Waals surface area contributed by atoms with E-state index >= 15 is 0 Å². The summed E-state index contributed by atoms with van der Waals surface area (Å²) in [4.78, 5) is 24.8. The summed E-state index contributed by atoms with van der Waals surface area (Å²) in [6.07, 6.45) is 4.76. The Labute approximate surface area is 166 Å². The molecule has 2 amide bonds. The summed E-state index contributed by atoms with van der Waals surface area (Å²) in [7, 11) is 0. The fraction of sp³-hybridized carbons (Fsp3) is 0.444. The lowest BCUT2D eigenvalue weighted by molar-refractivity contribution is -0.127. The van der Waals surface area contributed by atoms with Crippen LogP contribution in [0.5, 0.6) is 5.75 Å². The molecular weight excluding hydrogens is 384 g/mol. The van der Waals surface area contributed by atoms with Crippen LogP contribution in [-0.2, 0) is 9.59 Å². The van der Waals surface area contributed by atoms with Crippen molar-refractivity contribution in [1.82, 2.24) is 15.5 Å². The summed E-state index contributed by atoms with van der Waals surface area (Å²) in [5.41, 5.74) is 0. The molecule has 1 saturated carbocycles. The van der Waals surface area contributed by atoms with Crippen molar-refractivity contribution in [2.24, 2.45) is 0 Å². The summed E-state index contributed by atoms with van der Waals surface area (Å²) in [6.45, 7) is -0.141. The molecular formula is C18H22N4O3S2. The Morgan fingerprint density at radius 3 is 2.78 bits per heavy atom. The molecule has 3 rings (SSSR count). The summed E-state index contributed by atoms with van der Waals surface area (Å²) < 4.78 is 5.44. The minimum atomic E-state index is -0.641. The van der Waals surface area contributed by atoms with E-state index in [1.165, 1.54) is 11.3 Å². The third kappa shape index (κ3) is 6.21. The second-order valence-electron chi connectivity index (χ2n) is 6.21. The number of rotatable bonds is 10. The minimum absolute atomic E-state index is 0.141. The number of nitrogens with one attached hydrogen (secondary N) is 2. The number of hydrogen-bond acceptors (Lipinski definition) is 7. The zero-order valence-corrected chi connectivity index (χ0v) is 16.6. The highest BCUT2D eigenvalue weighted by atomic mass is 32.2. The molecule has 0 aliphatic heterocycles. The van der Waals surface area contributed by atoms with Crippen molar-refractivity contribution in [2.45, 2.75) is 31.2 Å². The van der Waals surface area contributed by atoms with Crippen LogP contribution in [0.3, 0.4) is 0 Å². The van der Waals surface area contributed by atoms with Crippen molar-refractivity contribution < 1.29 is 14.3 Å². The molecule has 144 valence electrons. The zero-order valence-electron chi connectivity index (χ0n) is 15.0. The SMILES string of the molecule is CSCCC(NC(=O)COc1ccccc1)C(=O)Nc1nnc(C2CC2)s1. The molecule has 1 aliphatic rings. The molecule has 1 aliphatic carbocycles. The normalized spacial score (nSPS) is 14.4. The van der Waals surface area contributed by atoms with E-state index in [1.807, 2.05) is 24.5 Å². The van der Waals surface area contributed by atoms with E-state index in [0.717, 1.165) is 23.6 Å². The van der Waals surface area contributed by atoms with Gasteiger partial charge in [-0.2, -0.15) is 11.8 Å². The van der Waals surface area contributed by atoms with E-state index < -0.39 is 6.04 Å². The van der Waals surface area contributed by atoms with Gasteiger partial charge in [0.2, 0.25) is 11.0 Å². The van der Waals surface area contributed by atoms with E-state index in [9.17, 15) is 9.59 Å². The molecule has 0 radical (unpaired) electrons. The van der Waals surface area contributed by atoms with Gasteiger partial charge in [-0.25, -0.2) is 0 Å². The first-order valence-corrected chi connectivity index (χ1v) is 11.0. The number of aromatic nitrogens is 2. The van der Waals surface area contributed by atoms with Crippen LogP contribution in [0.15, 0.2) is 30.3 Å². The number of anilines is 1. The second kappa shape index (κ2) is 9.70. The van der Waals surface area contributed by atoms with E-state index in [-0.39, 0.29) is 18.4 Å². The number of carbonyl (C=O) groups excluding carboxylic acids is 2. The van der Waals surface area contributed by atoms with Gasteiger partial charge in [0.25, 0.3) is 5.91 Å². The van der Waals surface area contributed by atoms with Crippen molar-refractivity contribution in [3.8, 4) is 5.75 Å². The molecule has 1 aromatic carbocycles. The standard InChI is InChI=1S/C18H22N4O3S2/c1-26-10-9-14(19-15(23)11-25-13-5-3-2-4-6-13)16(24)20-18-22-21-17(27-18)12-7-8-12/h2-6,12,14H,7-11H2,1H3,(H,19,23)(H,20,22,24). The molecule has 7 nitrogen and oxygen atoms in total. The Balaban J connectivity index is 1.52. The van der Waals surface area contributed by atoms with Gasteiger partial charge in [0, 0.05) is 5.92 Å². The molecule has 1 aromatic heterocycles. The largest absolute Gasteiger partial charge is 0.484 e. The third-order valence-electron chi connectivity index (χ3n) is 3.97. The lowest BCUT2D eigenvalue weighted by Gasteiger charge is -2.17. The van der Waals surface area contributed by atoms with Crippen LogP contribution in [-0.4, -0.2) is 46.7 Å². The van der Waals surface area contributed by atoms with Crippen LogP contribution in [0.2, 0.25) is 0 Å². The predicted molar refractivity (Wildman–Crippen MR) is 107 cm³/mol. The van der Waals surface area contributed by atoms with Gasteiger partial charge >= 0.3 is 0 Å². The topological polar surface area (TPSA) is 93.2 Å². The number of para-hydroxylation sites is 1. The van der Waals surface area contributed by atoms with Crippen molar-refractivity contribution in [2.75, 3.05) is 23.9 Å². The summed E-state index contributed by atoms with van der Waals surface area (Å²) >= 11 is 3.02. The molecule has 1 atom stereocenters. The van der Waals surface area contributed by atoms with Crippen molar-refractivity contribution in [1.29, 1.82) is 0 Å². The van der Waals surface area contributed by atoms with E-state index in [4.69, 9.17) is 4.74 Å². The molecule has 1 unspecified atom stereocenters. The van der Waals surface area contributed by atoms with Crippen LogP contribution in [0, 0.1) is 0 Å². The summed E-state index contributed by atoms with van der Waals surface area (Å²) in [5, 5.41) is 15.1. The molecule has 27 heavy (non-hydrogen) atoms. The molecule has 2 N–H and O–H groups in total. The van der Waals surface area contributed by atoms with Gasteiger partial charge in [-0.1, -0.05) is 29.5 Å². The molecule has 1 heterocycles. The maximum atomic E-state index is 12.6. The molecule has 0 saturated heterocycles. The van der Waals surface area contributed by atoms with Crippen LogP contribution < -0.4 is 15.4 Å².